The maximum absolute atomic E-state index is 5.59. The van der Waals surface area contributed by atoms with E-state index in [1.165, 1.54) is 110 Å². The third-order valence-corrected chi connectivity index (χ3v) is 16.4. The minimum atomic E-state index is -0.0240. The van der Waals surface area contributed by atoms with Crippen LogP contribution in [0.2, 0.25) is 0 Å². The first kappa shape index (κ1) is 38.4. The van der Waals surface area contributed by atoms with Gasteiger partial charge in [0.25, 0.3) is 0 Å². The predicted molar refractivity (Wildman–Crippen MR) is 294 cm³/mol. The van der Waals surface area contributed by atoms with Gasteiger partial charge in [0.2, 0.25) is 25.0 Å². The monoisotopic (exact) mass is 892 g/mol. The Labute approximate surface area is 403 Å². The first-order valence-electron chi connectivity index (χ1n) is 24.5. The van der Waals surface area contributed by atoms with E-state index < -0.39 is 0 Å². The molecule has 8 heteroatoms. The van der Waals surface area contributed by atoms with Gasteiger partial charge < -0.3 is 0 Å². The zero-order valence-corrected chi connectivity index (χ0v) is 39.2. The lowest BCUT2D eigenvalue weighted by Crippen LogP contribution is -2.56. The summed E-state index contributed by atoms with van der Waals surface area (Å²) in [5.41, 5.74) is 26.4. The van der Waals surface area contributed by atoms with E-state index in [9.17, 15) is 0 Å². The van der Waals surface area contributed by atoms with E-state index in [0.717, 1.165) is 44.7 Å². The highest BCUT2D eigenvalue weighted by Gasteiger charge is 2.38. The van der Waals surface area contributed by atoms with Gasteiger partial charge in [-0.15, -0.1) is 0 Å². The summed E-state index contributed by atoms with van der Waals surface area (Å²) in [5, 5.41) is 4.92. The Kier molecular flexibility index (Phi) is 7.43. The minimum Gasteiger partial charge on any atom is -0.281 e. The van der Waals surface area contributed by atoms with Crippen LogP contribution in [0, 0.1) is 27.7 Å². The highest BCUT2D eigenvalue weighted by atomic mass is 15.2. The average molecular weight is 893 g/mol. The molecule has 16 rings (SSSR count). The molecule has 2 aliphatic rings. The maximum Gasteiger partial charge on any atom is 0.246 e. The SMILES string of the molecule is Cc1ccc2c(nc3n4c5c(cc(-c6cc7c8c9c6cccc9n6c9ccc(C)c(C)c9nc6n8-c6ccccc6B7c6ccccc6)c6cccc(c65)n23)B(c2ccccc2)c2ccccc2-4)c1C. The molecule has 6 nitrogen and oxygen atoms in total. The molecule has 6 heterocycles. The summed E-state index contributed by atoms with van der Waals surface area (Å²) in [5.74, 6) is 1.86. The molecule has 4 aromatic heterocycles. The van der Waals surface area contributed by atoms with E-state index in [1.807, 2.05) is 0 Å². The van der Waals surface area contributed by atoms with E-state index in [0.29, 0.717) is 0 Å². The molecule has 326 valence electrons. The molecule has 0 N–H and O–H groups in total. The van der Waals surface area contributed by atoms with Gasteiger partial charge in [0, 0.05) is 22.1 Å². The van der Waals surface area contributed by atoms with Crippen LogP contribution in [0.4, 0.5) is 0 Å². The summed E-state index contributed by atoms with van der Waals surface area (Å²) in [4.78, 5) is 11.2. The van der Waals surface area contributed by atoms with Crippen LogP contribution in [-0.2, 0) is 0 Å². The predicted octanol–water partition coefficient (Wildman–Crippen LogP) is 10.0. The molecule has 0 unspecified atom stereocenters. The van der Waals surface area contributed by atoms with Crippen LogP contribution in [0.3, 0.4) is 0 Å². The number of benzene rings is 10. The van der Waals surface area contributed by atoms with Crippen molar-refractivity contribution < 1.29 is 0 Å². The van der Waals surface area contributed by atoms with E-state index in [-0.39, 0.29) is 13.4 Å². The van der Waals surface area contributed by atoms with Crippen molar-refractivity contribution in [3.8, 4) is 22.5 Å². The fraction of sp³-hybridized carbons (Fsp3) is 0.0645. The molecule has 0 spiro atoms. The fourth-order valence-electron chi connectivity index (χ4n) is 13.0. The normalized spacial score (nSPS) is 13.1. The second-order valence-corrected chi connectivity index (χ2v) is 19.8. The van der Waals surface area contributed by atoms with Crippen molar-refractivity contribution in [2.24, 2.45) is 0 Å². The van der Waals surface area contributed by atoms with Gasteiger partial charge in [0.05, 0.1) is 44.1 Å². The Morgan fingerprint density at radius 2 is 0.786 bits per heavy atom. The van der Waals surface area contributed by atoms with Gasteiger partial charge in [0.15, 0.2) is 0 Å². The fourth-order valence-corrected chi connectivity index (χ4v) is 13.0. The van der Waals surface area contributed by atoms with Crippen LogP contribution in [0.15, 0.2) is 182 Å². The van der Waals surface area contributed by atoms with Crippen LogP contribution in [0.25, 0.3) is 99.7 Å². The number of aryl methyl sites for hydroxylation is 4. The third kappa shape index (κ3) is 4.71. The van der Waals surface area contributed by atoms with Gasteiger partial charge in [-0.1, -0.05) is 157 Å². The van der Waals surface area contributed by atoms with E-state index in [4.69, 9.17) is 9.97 Å². The van der Waals surface area contributed by atoms with Crippen molar-refractivity contribution in [3.63, 3.8) is 0 Å². The molecule has 70 heavy (non-hydrogen) atoms. The van der Waals surface area contributed by atoms with Crippen LogP contribution < -0.4 is 32.8 Å². The number of nitrogens with zero attached hydrogens (tertiary/aromatic N) is 6. The van der Waals surface area contributed by atoms with Crippen molar-refractivity contribution in [1.82, 2.24) is 27.9 Å². The number of para-hydroxylation sites is 2. The zero-order chi connectivity index (χ0) is 46.3. The Bertz CT molecular complexity index is 4350. The summed E-state index contributed by atoms with van der Waals surface area (Å²) in [6.07, 6.45) is 0. The quantitative estimate of drug-likeness (QED) is 0.166. The molecular formula is C62H42B2N6. The lowest BCUT2D eigenvalue weighted by molar-refractivity contribution is 1.07. The Balaban J connectivity index is 1.14. The smallest absolute Gasteiger partial charge is 0.246 e. The van der Waals surface area contributed by atoms with Gasteiger partial charge in [-0.2, -0.15) is 0 Å². The van der Waals surface area contributed by atoms with E-state index in [1.54, 1.807) is 0 Å². The highest BCUT2D eigenvalue weighted by molar-refractivity contribution is 6.99. The van der Waals surface area contributed by atoms with E-state index >= 15 is 0 Å². The Morgan fingerprint density at radius 3 is 1.23 bits per heavy atom. The Hall–Kier alpha value is -8.61. The van der Waals surface area contributed by atoms with Crippen LogP contribution >= 0.6 is 0 Å². The standard InChI is InChI=1S/C62H42B2N6/c1-35-29-31-53-57(37(35)3)65-61-67(53)51-27-15-21-41-43(33-47-59(55(41)51)69(61)49-25-13-11-23-45(49)63(47)39-17-7-5-8-18-39)44-34-48-60-56-42(44)22-16-28-52(56)68-54-32-30-36(2)38(4)58(54)66-62(68)70(60)50-26-14-12-24-46(50)64(48)40-19-9-6-10-20-40/h5-34H,1-4H3. The topological polar surface area (TPSA) is 44.5 Å². The number of aromatic nitrogens is 6. The number of hydrogen-bond donors (Lipinski definition) is 0. The van der Waals surface area contributed by atoms with Crippen molar-refractivity contribution >= 4 is 123 Å². The zero-order valence-electron chi connectivity index (χ0n) is 39.2. The largest absolute Gasteiger partial charge is 0.281 e. The summed E-state index contributed by atoms with van der Waals surface area (Å²) >= 11 is 0. The molecular weight excluding hydrogens is 850 g/mol. The minimum absolute atomic E-state index is 0.0240. The number of fused-ring (bicyclic) bond motifs is 14. The molecule has 0 radical (unpaired) electrons. The van der Waals surface area contributed by atoms with Gasteiger partial charge in [-0.05, 0) is 130 Å². The van der Waals surface area contributed by atoms with Crippen molar-refractivity contribution in [2.45, 2.75) is 27.7 Å². The van der Waals surface area contributed by atoms with Gasteiger partial charge in [0.1, 0.15) is 0 Å². The van der Waals surface area contributed by atoms with Gasteiger partial charge in [-0.3, -0.25) is 17.9 Å². The number of imidazole rings is 2. The molecule has 0 fully saturated rings. The molecule has 0 saturated carbocycles. The Morgan fingerprint density at radius 1 is 0.371 bits per heavy atom. The molecule has 14 aromatic rings. The number of hydrogen-bond acceptors (Lipinski definition) is 2. The van der Waals surface area contributed by atoms with Crippen LogP contribution in [0.1, 0.15) is 22.3 Å². The average Bonchev–Trinajstić information content (AvgIpc) is 4.00. The number of rotatable bonds is 3. The molecule has 0 atom stereocenters. The third-order valence-electron chi connectivity index (χ3n) is 16.4. The van der Waals surface area contributed by atoms with Crippen molar-refractivity contribution in [2.75, 3.05) is 0 Å². The van der Waals surface area contributed by atoms with Gasteiger partial charge >= 0.3 is 0 Å². The molecule has 0 amide bonds. The van der Waals surface area contributed by atoms with Crippen LogP contribution in [0.5, 0.6) is 0 Å². The lowest BCUT2D eigenvalue weighted by atomic mass is 9.35. The highest BCUT2D eigenvalue weighted by Crippen LogP contribution is 2.44. The second-order valence-electron chi connectivity index (χ2n) is 19.8. The summed E-state index contributed by atoms with van der Waals surface area (Å²) < 4.78 is 9.83. The maximum atomic E-state index is 5.59. The van der Waals surface area contributed by atoms with Crippen molar-refractivity contribution in [1.29, 1.82) is 0 Å². The summed E-state index contributed by atoms with van der Waals surface area (Å²) in [7, 11) is 0. The lowest BCUT2D eigenvalue weighted by Gasteiger charge is -2.32. The molecule has 0 saturated heterocycles. The van der Waals surface area contributed by atoms with Crippen LogP contribution in [-0.4, -0.2) is 41.3 Å². The van der Waals surface area contributed by atoms with Gasteiger partial charge in [-0.25, -0.2) is 9.97 Å². The first-order chi connectivity index (χ1) is 34.4. The first-order valence-corrected chi connectivity index (χ1v) is 24.5. The summed E-state index contributed by atoms with van der Waals surface area (Å²) in [6.45, 7) is 8.77. The molecule has 0 bridgehead atoms. The summed E-state index contributed by atoms with van der Waals surface area (Å²) in [6, 6.07) is 68.4. The second kappa shape index (κ2) is 13.5. The van der Waals surface area contributed by atoms with Crippen molar-refractivity contribution in [3.05, 3.63) is 204 Å². The molecule has 2 aliphatic heterocycles. The molecule has 10 aromatic carbocycles. The van der Waals surface area contributed by atoms with E-state index in [2.05, 4.69) is 228 Å². The molecule has 0 aliphatic carbocycles.